The number of nitrogens with zero attached hydrogens (tertiary/aromatic N) is 3. The molecule has 0 spiro atoms. The third-order valence-corrected chi connectivity index (χ3v) is 5.42. The summed E-state index contributed by atoms with van der Waals surface area (Å²) >= 11 is 2.04. The molecule has 23 heavy (non-hydrogen) atoms. The highest BCUT2D eigenvalue weighted by Gasteiger charge is 2.21. The smallest absolute Gasteiger partial charge is 0.193 e. The molecule has 2 rings (SSSR count). The van der Waals surface area contributed by atoms with Gasteiger partial charge in [0.05, 0.1) is 5.69 Å². The number of benzene rings is 1. The minimum absolute atomic E-state index is 0.190. The van der Waals surface area contributed by atoms with E-state index in [2.05, 4.69) is 22.1 Å². The number of guanidine groups is 1. The number of rotatable bonds is 4. The maximum atomic E-state index is 14.0. The third-order valence-electron chi connectivity index (χ3n) is 4.05. The lowest BCUT2D eigenvalue weighted by Crippen LogP contribution is -2.47. The predicted octanol–water partition coefficient (Wildman–Crippen LogP) is 2.79. The summed E-state index contributed by atoms with van der Waals surface area (Å²) < 4.78 is 14.0. The molecular weight excluding hydrogens is 311 g/mol. The number of halogens is 1. The highest BCUT2D eigenvalue weighted by atomic mass is 32.2. The molecule has 0 saturated carbocycles. The highest BCUT2D eigenvalue weighted by molar-refractivity contribution is 8.00. The molecule has 0 aliphatic carbocycles. The van der Waals surface area contributed by atoms with Crippen LogP contribution in [0.4, 0.5) is 10.1 Å². The maximum absolute atomic E-state index is 14.0. The van der Waals surface area contributed by atoms with Crippen LogP contribution in [-0.4, -0.2) is 56.1 Å². The molecule has 6 heteroatoms. The van der Waals surface area contributed by atoms with Crippen LogP contribution in [0, 0.1) is 5.82 Å². The molecule has 1 aliphatic heterocycles. The molecule has 1 fully saturated rings. The van der Waals surface area contributed by atoms with Crippen molar-refractivity contribution in [3.05, 3.63) is 29.6 Å². The highest BCUT2D eigenvalue weighted by Crippen LogP contribution is 2.21. The Balaban J connectivity index is 1.97. The number of hydrogen-bond donors (Lipinski definition) is 1. The van der Waals surface area contributed by atoms with Gasteiger partial charge in [-0.2, -0.15) is 11.8 Å². The van der Waals surface area contributed by atoms with Crippen LogP contribution in [0.15, 0.2) is 23.2 Å². The first-order chi connectivity index (χ1) is 11.0. The summed E-state index contributed by atoms with van der Waals surface area (Å²) in [6, 6.07) is 5.37. The Labute approximate surface area is 143 Å². The summed E-state index contributed by atoms with van der Waals surface area (Å²) in [6.07, 6.45) is 1.18. The van der Waals surface area contributed by atoms with Gasteiger partial charge in [0.1, 0.15) is 5.82 Å². The molecular formula is C17H27FN4S. The summed E-state index contributed by atoms with van der Waals surface area (Å²) in [4.78, 5) is 8.46. The molecule has 1 N–H and O–H groups in total. The average molecular weight is 338 g/mol. The fraction of sp³-hybridized carbons (Fsp3) is 0.588. The van der Waals surface area contributed by atoms with E-state index in [1.54, 1.807) is 18.0 Å². The second kappa shape index (κ2) is 8.43. The molecule has 0 aromatic heterocycles. The van der Waals surface area contributed by atoms with Gasteiger partial charge < -0.3 is 15.1 Å². The van der Waals surface area contributed by atoms with Gasteiger partial charge in [0.2, 0.25) is 0 Å². The molecule has 4 nitrogen and oxygen atoms in total. The second-order valence-electron chi connectivity index (χ2n) is 5.93. The lowest BCUT2D eigenvalue weighted by molar-refractivity contribution is 0.408. The van der Waals surface area contributed by atoms with Crippen molar-refractivity contribution in [2.45, 2.75) is 25.1 Å². The molecule has 1 aromatic rings. The van der Waals surface area contributed by atoms with E-state index in [4.69, 9.17) is 0 Å². The minimum Gasteiger partial charge on any atom is -0.375 e. The van der Waals surface area contributed by atoms with Crippen molar-refractivity contribution in [3.63, 3.8) is 0 Å². The van der Waals surface area contributed by atoms with Crippen molar-refractivity contribution in [2.75, 3.05) is 44.9 Å². The molecule has 0 amide bonds. The Hall–Kier alpha value is -1.43. The van der Waals surface area contributed by atoms with Gasteiger partial charge in [-0.1, -0.05) is 13.0 Å². The topological polar surface area (TPSA) is 30.9 Å². The van der Waals surface area contributed by atoms with Crippen LogP contribution in [-0.2, 0) is 6.54 Å². The van der Waals surface area contributed by atoms with Gasteiger partial charge in [-0.25, -0.2) is 4.39 Å². The molecule has 1 unspecified atom stereocenters. The Morgan fingerprint density at radius 3 is 2.87 bits per heavy atom. The Morgan fingerprint density at radius 1 is 1.48 bits per heavy atom. The normalized spacial score (nSPS) is 18.9. The SMILES string of the molecule is CCC1CN(C(=NC)NCc2ccc(N(C)C)c(F)c2)CCS1. The van der Waals surface area contributed by atoms with E-state index in [1.165, 1.54) is 6.42 Å². The molecule has 0 radical (unpaired) electrons. The van der Waals surface area contributed by atoms with Crippen LogP contribution in [0.1, 0.15) is 18.9 Å². The van der Waals surface area contributed by atoms with Crippen molar-refractivity contribution < 1.29 is 4.39 Å². The summed E-state index contributed by atoms with van der Waals surface area (Å²) in [5.74, 6) is 1.84. The maximum Gasteiger partial charge on any atom is 0.193 e. The average Bonchev–Trinajstić information content (AvgIpc) is 2.55. The van der Waals surface area contributed by atoms with Gasteiger partial charge in [0, 0.05) is 51.8 Å². The van der Waals surface area contributed by atoms with Gasteiger partial charge in [0.15, 0.2) is 5.96 Å². The molecule has 1 aliphatic rings. The van der Waals surface area contributed by atoms with Crippen LogP contribution in [0.5, 0.6) is 0 Å². The zero-order valence-corrected chi connectivity index (χ0v) is 15.3. The lowest BCUT2D eigenvalue weighted by atomic mass is 10.2. The van der Waals surface area contributed by atoms with Gasteiger partial charge in [-0.05, 0) is 24.1 Å². The zero-order valence-electron chi connectivity index (χ0n) is 14.5. The lowest BCUT2D eigenvalue weighted by Gasteiger charge is -2.34. The predicted molar refractivity (Wildman–Crippen MR) is 99.0 cm³/mol. The number of hydrogen-bond acceptors (Lipinski definition) is 3. The third kappa shape index (κ3) is 4.77. The molecule has 0 bridgehead atoms. The fourth-order valence-electron chi connectivity index (χ4n) is 2.70. The first kappa shape index (κ1) is 17.9. The van der Waals surface area contributed by atoms with E-state index in [9.17, 15) is 4.39 Å². The van der Waals surface area contributed by atoms with Crippen molar-refractivity contribution in [3.8, 4) is 0 Å². The van der Waals surface area contributed by atoms with Crippen LogP contribution < -0.4 is 10.2 Å². The first-order valence-electron chi connectivity index (χ1n) is 8.08. The van der Waals surface area contributed by atoms with Gasteiger partial charge in [0.25, 0.3) is 0 Å². The van der Waals surface area contributed by atoms with Crippen molar-refractivity contribution >= 4 is 23.4 Å². The van der Waals surface area contributed by atoms with Gasteiger partial charge >= 0.3 is 0 Å². The van der Waals surface area contributed by atoms with Gasteiger partial charge in [-0.3, -0.25) is 4.99 Å². The van der Waals surface area contributed by atoms with Crippen molar-refractivity contribution in [2.24, 2.45) is 4.99 Å². The van der Waals surface area contributed by atoms with Gasteiger partial charge in [-0.15, -0.1) is 0 Å². The first-order valence-corrected chi connectivity index (χ1v) is 9.13. The van der Waals surface area contributed by atoms with E-state index in [1.807, 2.05) is 38.0 Å². The van der Waals surface area contributed by atoms with Crippen LogP contribution in [0.3, 0.4) is 0 Å². The zero-order chi connectivity index (χ0) is 16.8. The summed E-state index contributed by atoms with van der Waals surface area (Å²) in [6.45, 7) is 4.84. The molecule has 1 heterocycles. The van der Waals surface area contributed by atoms with E-state index in [0.717, 1.165) is 30.4 Å². The van der Waals surface area contributed by atoms with E-state index in [0.29, 0.717) is 17.5 Å². The Bertz CT molecular complexity index is 547. The standard InChI is InChI=1S/C17H27FN4S/c1-5-14-12-22(8-9-23-14)17(19-2)20-11-13-6-7-16(21(3)4)15(18)10-13/h6-7,10,14H,5,8-9,11-12H2,1-4H3,(H,19,20). The molecule has 128 valence electrons. The fourth-order valence-corrected chi connectivity index (χ4v) is 3.88. The Kier molecular flexibility index (Phi) is 6.57. The summed E-state index contributed by atoms with van der Waals surface area (Å²) in [7, 11) is 5.49. The largest absolute Gasteiger partial charge is 0.375 e. The van der Waals surface area contributed by atoms with Crippen LogP contribution in [0.2, 0.25) is 0 Å². The number of aliphatic imine (C=N–C) groups is 1. The Morgan fingerprint density at radius 2 is 2.26 bits per heavy atom. The van der Waals surface area contributed by atoms with Crippen LogP contribution in [0.25, 0.3) is 0 Å². The number of anilines is 1. The molecule has 1 saturated heterocycles. The number of thioether (sulfide) groups is 1. The van der Waals surface area contributed by atoms with E-state index >= 15 is 0 Å². The van der Waals surface area contributed by atoms with Crippen molar-refractivity contribution in [1.29, 1.82) is 0 Å². The van der Waals surface area contributed by atoms with Crippen molar-refractivity contribution in [1.82, 2.24) is 10.2 Å². The monoisotopic (exact) mass is 338 g/mol. The second-order valence-corrected chi connectivity index (χ2v) is 7.34. The summed E-state index contributed by atoms with van der Waals surface area (Å²) in [5, 5.41) is 4.03. The number of nitrogens with one attached hydrogen (secondary N) is 1. The summed E-state index contributed by atoms with van der Waals surface area (Å²) in [5.41, 5.74) is 1.53. The van der Waals surface area contributed by atoms with E-state index < -0.39 is 0 Å². The quantitative estimate of drug-likeness (QED) is 0.676. The molecule has 1 atom stereocenters. The van der Waals surface area contributed by atoms with E-state index in [-0.39, 0.29) is 5.82 Å². The van der Waals surface area contributed by atoms with Crippen LogP contribution >= 0.6 is 11.8 Å². The minimum atomic E-state index is -0.190. The molecule has 1 aromatic carbocycles.